The third-order valence-corrected chi connectivity index (χ3v) is 0. The maximum absolute atomic E-state index is 9.91. The van der Waals surface area contributed by atoms with Gasteiger partial charge in [0.05, 0.1) is 0 Å². The summed E-state index contributed by atoms with van der Waals surface area (Å²) < 4.78 is 39.6. The Morgan fingerprint density at radius 2 is 0.714 bits per heavy atom. The normalized spacial score (nSPS) is 8.57. The molecule has 0 aliphatic rings. The fourth-order valence-electron chi connectivity index (χ4n) is 0. The first-order chi connectivity index (χ1) is 2.00. The van der Waals surface area contributed by atoms with Crippen molar-refractivity contribution in [3.05, 3.63) is 0 Å². The Labute approximate surface area is 44.5 Å². The monoisotopic (exact) mass is 292 g/mol. The van der Waals surface area contributed by atoms with E-state index in [4.69, 9.17) is 0 Å². The summed E-state index contributed by atoms with van der Waals surface area (Å²) in [6, 6.07) is 0. The van der Waals surface area contributed by atoms with Gasteiger partial charge in [-0.25, -0.2) is 0 Å². The molecule has 0 saturated carbocycles. The van der Waals surface area contributed by atoms with Gasteiger partial charge in [0.1, 0.15) is 0 Å². The third-order valence-electron chi connectivity index (χ3n) is 0. The fraction of sp³-hybridized carbons (Fsp3) is 0. The van der Waals surface area contributed by atoms with Gasteiger partial charge in [-0.15, -0.1) is 0 Å². The zero-order valence-electron chi connectivity index (χ0n) is 3.01. The van der Waals surface area contributed by atoms with Gasteiger partial charge in [0.15, 0.2) is 0 Å². The molecule has 0 radical (unpaired) electrons. The molecule has 0 atom stereocenters. The second kappa shape index (κ2) is 4.66. The Morgan fingerprint density at radius 3 is 0.714 bits per heavy atom. The predicted molar refractivity (Wildman–Crippen MR) is 11.7 cm³/mol. The summed E-state index contributed by atoms with van der Waals surface area (Å²) in [6.07, 6.45) is 0. The van der Waals surface area contributed by atoms with Gasteiger partial charge in [-0.05, 0) is 0 Å². The van der Waals surface area contributed by atoms with Crippen LogP contribution in [-0.4, -0.2) is 11.0 Å². The number of hydrogen-bond acceptors (Lipinski definition) is 0. The molecule has 2 nitrogen and oxygen atoms in total. The zero-order valence-corrected chi connectivity index (χ0v) is 6.60. The first kappa shape index (κ1) is 15.6. The van der Waals surface area contributed by atoms with E-state index in [0.29, 0.717) is 0 Å². The molecule has 0 aliphatic carbocycles. The molecular weight excluding hydrogens is 286 g/mol. The van der Waals surface area contributed by atoms with E-state index in [0.717, 1.165) is 0 Å². The van der Waals surface area contributed by atoms with Crippen molar-refractivity contribution in [2.45, 2.75) is 0 Å². The molecule has 7 heavy (non-hydrogen) atoms. The molecule has 48 valence electrons. The Bertz CT molecular complexity index is 25.2. The average Bonchev–Trinajstić information content (AvgIpc) is 0.722. The van der Waals surface area contributed by atoms with Crippen molar-refractivity contribution in [2.24, 2.45) is 0 Å². The van der Waals surface area contributed by atoms with E-state index >= 15 is 0 Å². The third kappa shape index (κ3) is 509. The summed E-state index contributed by atoms with van der Waals surface area (Å²) >= 11 is -7.28. The van der Waals surface area contributed by atoms with Crippen molar-refractivity contribution < 1.29 is 44.0 Å². The molecule has 0 bridgehead atoms. The van der Waals surface area contributed by atoms with E-state index in [2.05, 4.69) is 0 Å². The van der Waals surface area contributed by atoms with E-state index in [1.54, 1.807) is 0 Å². The first-order valence-electron chi connectivity index (χ1n) is 0.756. The second-order valence-electron chi connectivity index (χ2n) is 0.429. The van der Waals surface area contributed by atoms with Gasteiger partial charge in [0.25, 0.3) is 0 Å². The first-order valence-corrected chi connectivity index (χ1v) is 6.19. The van der Waals surface area contributed by atoms with Crippen LogP contribution in [0.15, 0.2) is 0 Å². The summed E-state index contributed by atoms with van der Waals surface area (Å²) in [5.74, 6) is 0. The molecule has 0 aromatic carbocycles. The standard InChI is InChI=1S/4FH.Hf.2H2O/h4*1H;;2*1H2/q;;;;+4;;/p-4. The van der Waals surface area contributed by atoms with Gasteiger partial charge in [0, 0.05) is 0 Å². The summed E-state index contributed by atoms with van der Waals surface area (Å²) in [5.41, 5.74) is 0. The number of halogens is 4. The van der Waals surface area contributed by atoms with Crippen molar-refractivity contribution in [1.29, 1.82) is 0 Å². The van der Waals surface area contributed by atoms with Crippen LogP contribution in [0.3, 0.4) is 0 Å². The topological polar surface area (TPSA) is 63.0 Å². The molecule has 0 unspecified atom stereocenters. The van der Waals surface area contributed by atoms with Crippen LogP contribution < -0.4 is 0 Å². The summed E-state index contributed by atoms with van der Waals surface area (Å²) in [4.78, 5) is 0. The van der Waals surface area contributed by atoms with Crippen LogP contribution in [0.2, 0.25) is 0 Å². The van der Waals surface area contributed by atoms with Crippen molar-refractivity contribution >= 4 is 0 Å². The molecule has 0 aliphatic heterocycles. The Morgan fingerprint density at radius 1 is 0.714 bits per heavy atom. The Kier molecular flexibility index (Phi) is 10.4. The Balaban J connectivity index is -0.0000000800. The fourth-order valence-corrected chi connectivity index (χ4v) is 0. The van der Waals surface area contributed by atoms with E-state index in [-0.39, 0.29) is 11.0 Å². The van der Waals surface area contributed by atoms with Gasteiger partial charge >= 0.3 is 33.0 Å². The van der Waals surface area contributed by atoms with Gasteiger partial charge in [-0.3, -0.25) is 0 Å². The molecule has 7 heteroatoms. The molecule has 0 fully saturated rings. The van der Waals surface area contributed by atoms with Crippen LogP contribution in [0.1, 0.15) is 0 Å². The predicted octanol–water partition coefficient (Wildman–Crippen LogP) is 0.0289. The van der Waals surface area contributed by atoms with Crippen LogP contribution in [0, 0.1) is 0 Å². The van der Waals surface area contributed by atoms with Crippen LogP contribution in [-0.2, 0) is 22.4 Å². The van der Waals surface area contributed by atoms with Crippen molar-refractivity contribution in [2.75, 3.05) is 0 Å². The molecule has 0 spiro atoms. The quantitative estimate of drug-likeness (QED) is 0.446. The zero-order chi connectivity index (χ0) is 4.50. The van der Waals surface area contributed by atoms with Crippen LogP contribution >= 0.6 is 0 Å². The van der Waals surface area contributed by atoms with Crippen molar-refractivity contribution in [3.8, 4) is 0 Å². The summed E-state index contributed by atoms with van der Waals surface area (Å²) in [7, 11) is 0. The van der Waals surface area contributed by atoms with Gasteiger partial charge < -0.3 is 11.0 Å². The Hall–Kier alpha value is 0.510. The minimum absolute atomic E-state index is 0. The van der Waals surface area contributed by atoms with Crippen LogP contribution in [0.25, 0.3) is 0 Å². The number of hydrogen-bond donors (Lipinski definition) is 0. The van der Waals surface area contributed by atoms with Crippen molar-refractivity contribution in [1.82, 2.24) is 0 Å². The van der Waals surface area contributed by atoms with Gasteiger partial charge in [-0.1, -0.05) is 0 Å². The maximum atomic E-state index is 9.91. The molecule has 0 heterocycles. The SMILES string of the molecule is O.O.[F][Hf]([F])([F])[F]. The summed E-state index contributed by atoms with van der Waals surface area (Å²) in [6.45, 7) is 0. The van der Waals surface area contributed by atoms with E-state index in [9.17, 15) is 10.7 Å². The average molecular weight is 291 g/mol. The molecule has 0 aromatic rings. The molecular formula is H4F4HfO2. The molecule has 0 saturated heterocycles. The molecule has 0 aromatic heterocycles. The van der Waals surface area contributed by atoms with Gasteiger partial charge in [0.2, 0.25) is 0 Å². The van der Waals surface area contributed by atoms with E-state index in [1.165, 1.54) is 0 Å². The van der Waals surface area contributed by atoms with E-state index < -0.39 is 22.4 Å². The molecule has 4 N–H and O–H groups in total. The van der Waals surface area contributed by atoms with Crippen LogP contribution in [0.5, 0.6) is 0 Å². The number of rotatable bonds is 0. The second-order valence-corrected chi connectivity index (χ2v) is 3.51. The molecule has 0 rings (SSSR count). The van der Waals surface area contributed by atoms with Crippen LogP contribution in [0.4, 0.5) is 10.7 Å². The minimum atomic E-state index is -7.28. The summed E-state index contributed by atoms with van der Waals surface area (Å²) in [5, 5.41) is 0. The van der Waals surface area contributed by atoms with E-state index in [1.807, 2.05) is 0 Å². The molecule has 0 amide bonds. The van der Waals surface area contributed by atoms with Crippen molar-refractivity contribution in [3.63, 3.8) is 0 Å². The van der Waals surface area contributed by atoms with Gasteiger partial charge in [-0.2, -0.15) is 0 Å².